The molecular weight excluding hydrogens is 506 g/mol. The van der Waals surface area contributed by atoms with Gasteiger partial charge in [-0.15, -0.1) is 0 Å². The monoisotopic (exact) mass is 567 g/mol. The summed E-state index contributed by atoms with van der Waals surface area (Å²) in [5.74, 6) is 1.64. The van der Waals surface area contributed by atoms with Crippen LogP contribution in [0.2, 0.25) is 0 Å². The van der Waals surface area contributed by atoms with Crippen LogP contribution in [-0.2, 0) is 4.74 Å². The summed E-state index contributed by atoms with van der Waals surface area (Å²) < 4.78 is 5.72. The molecule has 1 atom stereocenters. The largest absolute Gasteiger partial charge is 0.444 e. The van der Waals surface area contributed by atoms with Crippen molar-refractivity contribution in [3.8, 4) is 0 Å². The number of rotatable bonds is 13. The van der Waals surface area contributed by atoms with Gasteiger partial charge in [0.15, 0.2) is 0 Å². The Morgan fingerprint density at radius 1 is 1.05 bits per heavy atom. The van der Waals surface area contributed by atoms with Crippen molar-refractivity contribution in [3.63, 3.8) is 0 Å². The fraction of sp³-hybridized carbons (Fsp3) is 0.722. The zero-order chi connectivity index (χ0) is 30.7. The molecule has 0 radical (unpaired) electrons. The van der Waals surface area contributed by atoms with Crippen molar-refractivity contribution < 1.29 is 9.53 Å². The van der Waals surface area contributed by atoms with Gasteiger partial charge in [0, 0.05) is 50.2 Å². The lowest BCUT2D eigenvalue weighted by Crippen LogP contribution is -2.39. The molecule has 0 bridgehead atoms. The highest BCUT2D eigenvalue weighted by molar-refractivity contribution is 6.03. The van der Waals surface area contributed by atoms with E-state index in [1.54, 1.807) is 0 Å². The lowest BCUT2D eigenvalue weighted by molar-refractivity contribution is 0.0230. The topological polar surface area (TPSA) is 45.1 Å². The molecule has 0 aromatic rings. The molecule has 5 heteroatoms. The van der Waals surface area contributed by atoms with Crippen LogP contribution in [0.4, 0.5) is 4.79 Å². The van der Waals surface area contributed by atoms with Gasteiger partial charge >= 0.3 is 6.09 Å². The van der Waals surface area contributed by atoms with Crippen molar-refractivity contribution in [1.82, 2.24) is 9.80 Å². The Morgan fingerprint density at radius 3 is 2.17 bits per heavy atom. The molecule has 5 nitrogen and oxygen atoms in total. The minimum absolute atomic E-state index is 0.250. The predicted molar refractivity (Wildman–Crippen MR) is 177 cm³/mol. The SMILES string of the molecule is C=C(CCN(CC(C)C)C(=O)OC(C)(C)C)C/C(C(=C)C)=C(C(C)=NC)\C(=C/C(C)C1CCCCC1)N1CCCC1. The van der Waals surface area contributed by atoms with Gasteiger partial charge in [0.05, 0.1) is 0 Å². The minimum atomic E-state index is -0.516. The predicted octanol–water partition coefficient (Wildman–Crippen LogP) is 9.38. The van der Waals surface area contributed by atoms with E-state index in [1.807, 2.05) is 32.7 Å². The van der Waals surface area contributed by atoms with E-state index in [0.29, 0.717) is 24.9 Å². The molecule has 0 N–H and O–H groups in total. The molecule has 0 spiro atoms. The summed E-state index contributed by atoms with van der Waals surface area (Å²) in [5, 5.41) is 0. The Labute approximate surface area is 252 Å². The van der Waals surface area contributed by atoms with Crippen LogP contribution in [0.5, 0.6) is 0 Å². The summed E-state index contributed by atoms with van der Waals surface area (Å²) in [6.07, 6.45) is 13.0. The van der Waals surface area contributed by atoms with Gasteiger partial charge in [-0.3, -0.25) is 4.99 Å². The number of ether oxygens (including phenoxy) is 1. The molecule has 41 heavy (non-hydrogen) atoms. The first-order valence-electron chi connectivity index (χ1n) is 16.2. The molecule has 1 aliphatic heterocycles. The van der Waals surface area contributed by atoms with Gasteiger partial charge in [0.1, 0.15) is 5.60 Å². The molecule has 1 saturated carbocycles. The van der Waals surface area contributed by atoms with Crippen molar-refractivity contribution in [2.45, 2.75) is 119 Å². The van der Waals surface area contributed by atoms with Crippen molar-refractivity contribution in [1.29, 1.82) is 0 Å². The van der Waals surface area contributed by atoms with E-state index in [2.05, 4.69) is 58.8 Å². The van der Waals surface area contributed by atoms with Gasteiger partial charge in [-0.25, -0.2) is 4.79 Å². The normalized spacial score (nSPS) is 18.8. The van der Waals surface area contributed by atoms with E-state index in [4.69, 9.17) is 9.73 Å². The second-order valence-electron chi connectivity index (χ2n) is 13.9. The Bertz CT molecular complexity index is 983. The number of carbonyl (C=O) groups excluding carboxylic acids is 1. The smallest absolute Gasteiger partial charge is 0.410 e. The number of allylic oxidation sites excluding steroid dienone is 4. The first-order valence-corrected chi connectivity index (χ1v) is 16.2. The van der Waals surface area contributed by atoms with E-state index >= 15 is 0 Å². The molecule has 1 heterocycles. The Balaban J connectivity index is 2.40. The van der Waals surface area contributed by atoms with Gasteiger partial charge in [0.2, 0.25) is 0 Å². The third-order valence-electron chi connectivity index (χ3n) is 8.43. The lowest BCUT2D eigenvalue weighted by Gasteiger charge is -2.31. The Hall–Kier alpha value is -2.30. The number of aliphatic imine (C=N–C) groups is 1. The first kappa shape index (κ1) is 34.9. The molecule has 1 amide bonds. The van der Waals surface area contributed by atoms with E-state index in [1.165, 1.54) is 61.8 Å². The molecule has 1 saturated heterocycles. The molecule has 2 rings (SSSR count). The van der Waals surface area contributed by atoms with Crippen LogP contribution in [0, 0.1) is 17.8 Å². The average molecular weight is 568 g/mol. The van der Waals surface area contributed by atoms with E-state index < -0.39 is 5.60 Å². The second-order valence-corrected chi connectivity index (χ2v) is 13.9. The highest BCUT2D eigenvalue weighted by atomic mass is 16.6. The zero-order valence-corrected chi connectivity index (χ0v) is 28.1. The van der Waals surface area contributed by atoms with Gasteiger partial charge < -0.3 is 14.5 Å². The molecule has 0 aromatic heterocycles. The highest BCUT2D eigenvalue weighted by Crippen LogP contribution is 2.36. The van der Waals surface area contributed by atoms with Gasteiger partial charge in [-0.2, -0.15) is 0 Å². The van der Waals surface area contributed by atoms with E-state index in [9.17, 15) is 4.79 Å². The second kappa shape index (κ2) is 16.4. The summed E-state index contributed by atoms with van der Waals surface area (Å²) in [5.41, 5.74) is 6.49. The van der Waals surface area contributed by atoms with Gasteiger partial charge in [-0.05, 0) is 96.5 Å². The maximum Gasteiger partial charge on any atom is 0.410 e. The summed E-state index contributed by atoms with van der Waals surface area (Å²) in [4.78, 5) is 22.1. The van der Waals surface area contributed by atoms with E-state index in [-0.39, 0.29) is 6.09 Å². The number of nitrogens with zero attached hydrogens (tertiary/aromatic N) is 3. The lowest BCUT2D eigenvalue weighted by atomic mass is 9.79. The van der Waals surface area contributed by atoms with Crippen LogP contribution in [0.15, 0.2) is 52.2 Å². The molecule has 1 unspecified atom stereocenters. The summed E-state index contributed by atoms with van der Waals surface area (Å²) >= 11 is 0. The summed E-state index contributed by atoms with van der Waals surface area (Å²) in [6.45, 7) is 29.1. The maximum atomic E-state index is 13.0. The van der Waals surface area contributed by atoms with Crippen molar-refractivity contribution in [2.75, 3.05) is 33.2 Å². The molecule has 232 valence electrons. The maximum absolute atomic E-state index is 13.0. The van der Waals surface area contributed by atoms with Crippen LogP contribution in [0.3, 0.4) is 0 Å². The van der Waals surface area contributed by atoms with Crippen LogP contribution in [0.25, 0.3) is 0 Å². The third-order valence-corrected chi connectivity index (χ3v) is 8.43. The molecule has 1 aliphatic carbocycles. The van der Waals surface area contributed by atoms with Crippen molar-refractivity contribution in [3.05, 3.63) is 47.2 Å². The quantitative estimate of drug-likeness (QED) is 0.126. The Kier molecular flexibility index (Phi) is 13.9. The molecular formula is C36H61N3O2. The van der Waals surface area contributed by atoms with Gasteiger partial charge in [0.25, 0.3) is 0 Å². The standard InChI is InChI=1S/C36H61N3O2/c1-26(2)25-39(35(40)41-36(8,9)10)22-19-28(5)23-32(27(3)4)34(30(7)37-11)33(38-20-15-16-21-38)24-29(6)31-17-13-12-14-18-31/h24,26,29,31H,3,5,12-23,25H2,1-2,4,6-11H3/b33-24+,34-32+,37-30?. The number of carbonyl (C=O) groups is 1. The van der Waals surface area contributed by atoms with Crippen molar-refractivity contribution >= 4 is 11.8 Å². The first-order chi connectivity index (χ1) is 19.2. The zero-order valence-electron chi connectivity index (χ0n) is 28.1. The molecule has 2 aliphatic rings. The fourth-order valence-corrected chi connectivity index (χ4v) is 6.13. The minimum Gasteiger partial charge on any atom is -0.444 e. The van der Waals surface area contributed by atoms with Crippen LogP contribution < -0.4 is 0 Å². The van der Waals surface area contributed by atoms with Gasteiger partial charge in [-0.1, -0.05) is 70.4 Å². The molecule has 2 fully saturated rings. The highest BCUT2D eigenvalue weighted by Gasteiger charge is 2.27. The van der Waals surface area contributed by atoms with Crippen LogP contribution in [0.1, 0.15) is 113 Å². The third kappa shape index (κ3) is 11.5. The fourth-order valence-electron chi connectivity index (χ4n) is 6.13. The summed E-state index contributed by atoms with van der Waals surface area (Å²) in [7, 11) is 1.90. The van der Waals surface area contributed by atoms with Crippen molar-refractivity contribution in [2.24, 2.45) is 22.7 Å². The number of hydrogen-bond donors (Lipinski definition) is 0. The summed E-state index contributed by atoms with van der Waals surface area (Å²) in [6, 6.07) is 0. The number of amides is 1. The van der Waals surface area contributed by atoms with Crippen LogP contribution >= 0.6 is 0 Å². The number of hydrogen-bond acceptors (Lipinski definition) is 4. The Morgan fingerprint density at radius 2 is 1.66 bits per heavy atom. The van der Waals surface area contributed by atoms with Crippen LogP contribution in [-0.4, -0.2) is 60.4 Å². The average Bonchev–Trinajstić information content (AvgIpc) is 3.43. The number of likely N-dealkylation sites (tertiary alicyclic amines) is 1. The molecule has 0 aromatic carbocycles. The van der Waals surface area contributed by atoms with E-state index in [0.717, 1.165) is 48.7 Å².